The Bertz CT molecular complexity index is 77.6. The largest absolute Gasteiger partial charge is 0.282 e. The molecular weight excluding hydrogens is 94.1 g/mol. The van der Waals surface area contributed by atoms with Gasteiger partial charge in [-0.1, -0.05) is 0 Å². The quantitative estimate of drug-likeness (QED) is 0.441. The lowest BCUT2D eigenvalue weighted by molar-refractivity contribution is 1.18. The van der Waals surface area contributed by atoms with Crippen LogP contribution < -0.4 is 0 Å². The molecule has 1 aliphatic rings. The van der Waals surface area contributed by atoms with Crippen LogP contribution >= 0.6 is 11.8 Å². The van der Waals surface area contributed by atoms with E-state index in [1.54, 1.807) is 11.8 Å². The first kappa shape index (κ1) is 4.19. The molecular formula is C4H6NS. The molecule has 1 rings (SSSR count). The Morgan fingerprint density at radius 1 is 1.83 bits per heavy atom. The van der Waals surface area contributed by atoms with Gasteiger partial charge in [-0.15, -0.1) is 11.8 Å². The lowest BCUT2D eigenvalue weighted by Crippen LogP contribution is -1.70. The maximum absolute atomic E-state index is 4.00. The predicted octanol–water partition coefficient (Wildman–Crippen LogP) is 0.966. The van der Waals surface area contributed by atoms with Crippen molar-refractivity contribution in [2.75, 3.05) is 12.3 Å². The van der Waals surface area contributed by atoms with Crippen molar-refractivity contribution in [2.24, 2.45) is 4.99 Å². The number of hydrogen-bond acceptors (Lipinski definition) is 2. The Labute approximate surface area is 41.8 Å². The topological polar surface area (TPSA) is 12.4 Å². The monoisotopic (exact) mass is 100 g/mol. The lowest BCUT2D eigenvalue weighted by atomic mass is 10.8. The van der Waals surface area contributed by atoms with Crippen LogP contribution in [0.1, 0.15) is 0 Å². The second kappa shape index (κ2) is 1.65. The van der Waals surface area contributed by atoms with Crippen molar-refractivity contribution in [3.05, 3.63) is 6.92 Å². The molecule has 0 aromatic heterocycles. The number of rotatable bonds is 0. The van der Waals surface area contributed by atoms with Gasteiger partial charge in [0.25, 0.3) is 0 Å². The first-order valence-corrected chi connectivity index (χ1v) is 2.87. The highest BCUT2D eigenvalue weighted by atomic mass is 32.2. The maximum atomic E-state index is 4.00. The summed E-state index contributed by atoms with van der Waals surface area (Å²) in [7, 11) is 0. The van der Waals surface area contributed by atoms with E-state index in [1.165, 1.54) is 0 Å². The van der Waals surface area contributed by atoms with Crippen LogP contribution in [0.25, 0.3) is 0 Å². The van der Waals surface area contributed by atoms with Crippen LogP contribution in [-0.2, 0) is 0 Å². The molecule has 0 N–H and O–H groups in total. The van der Waals surface area contributed by atoms with Gasteiger partial charge in [0.05, 0.1) is 5.04 Å². The molecule has 33 valence electrons. The highest BCUT2D eigenvalue weighted by Crippen LogP contribution is 2.08. The van der Waals surface area contributed by atoms with Crippen molar-refractivity contribution in [2.45, 2.75) is 0 Å². The van der Waals surface area contributed by atoms with Crippen molar-refractivity contribution >= 4 is 16.8 Å². The summed E-state index contributed by atoms with van der Waals surface area (Å²) in [6, 6.07) is 0. The van der Waals surface area contributed by atoms with Crippen LogP contribution in [0.2, 0.25) is 0 Å². The summed E-state index contributed by atoms with van der Waals surface area (Å²) in [4.78, 5) is 4.00. The molecule has 0 fully saturated rings. The molecule has 1 nitrogen and oxygen atoms in total. The number of hydrogen-bond donors (Lipinski definition) is 0. The van der Waals surface area contributed by atoms with Gasteiger partial charge >= 0.3 is 0 Å². The van der Waals surface area contributed by atoms with Crippen molar-refractivity contribution in [3.8, 4) is 0 Å². The van der Waals surface area contributed by atoms with Gasteiger partial charge in [-0.25, -0.2) is 0 Å². The number of nitrogens with zero attached hydrogens (tertiary/aromatic N) is 1. The zero-order valence-corrected chi connectivity index (χ0v) is 4.29. The summed E-state index contributed by atoms with van der Waals surface area (Å²) in [6.07, 6.45) is 0. The molecule has 0 aromatic carbocycles. The second-order valence-electron chi connectivity index (χ2n) is 1.12. The average molecular weight is 100 g/mol. The number of aliphatic imine (C=N–C) groups is 1. The SMILES string of the molecule is [CH2]C1=NCCS1. The summed E-state index contributed by atoms with van der Waals surface area (Å²) < 4.78 is 0. The van der Waals surface area contributed by atoms with Crippen molar-refractivity contribution in [1.82, 2.24) is 0 Å². The van der Waals surface area contributed by atoms with Crippen molar-refractivity contribution in [1.29, 1.82) is 0 Å². The van der Waals surface area contributed by atoms with Crippen LogP contribution in [0.15, 0.2) is 4.99 Å². The van der Waals surface area contributed by atoms with Gasteiger partial charge in [0.2, 0.25) is 0 Å². The minimum atomic E-state index is 0.976. The summed E-state index contributed by atoms with van der Waals surface area (Å²) in [5.74, 6) is 1.14. The number of thioether (sulfide) groups is 1. The van der Waals surface area contributed by atoms with Gasteiger partial charge < -0.3 is 0 Å². The molecule has 0 saturated heterocycles. The minimum Gasteiger partial charge on any atom is -0.282 e. The van der Waals surface area contributed by atoms with Gasteiger partial charge in [-0.3, -0.25) is 4.99 Å². The molecule has 0 amide bonds. The van der Waals surface area contributed by atoms with E-state index in [1.807, 2.05) is 0 Å². The third-order valence-electron chi connectivity index (χ3n) is 0.648. The molecule has 0 saturated carbocycles. The van der Waals surface area contributed by atoms with E-state index in [9.17, 15) is 0 Å². The van der Waals surface area contributed by atoms with Crippen LogP contribution in [0.4, 0.5) is 0 Å². The first-order valence-electron chi connectivity index (χ1n) is 1.89. The Hall–Kier alpha value is 0.0200. The fraction of sp³-hybridized carbons (Fsp3) is 0.500. The van der Waals surface area contributed by atoms with Crippen molar-refractivity contribution in [3.63, 3.8) is 0 Å². The van der Waals surface area contributed by atoms with E-state index in [2.05, 4.69) is 11.9 Å². The molecule has 0 spiro atoms. The van der Waals surface area contributed by atoms with E-state index in [-0.39, 0.29) is 0 Å². The molecule has 6 heavy (non-hydrogen) atoms. The van der Waals surface area contributed by atoms with Crippen LogP contribution in [0, 0.1) is 6.92 Å². The normalized spacial score (nSPS) is 21.2. The van der Waals surface area contributed by atoms with E-state index in [0.717, 1.165) is 17.3 Å². The van der Waals surface area contributed by atoms with Gasteiger partial charge in [0.1, 0.15) is 0 Å². The third-order valence-corrected chi connectivity index (χ3v) is 1.50. The highest BCUT2D eigenvalue weighted by molar-refractivity contribution is 8.14. The van der Waals surface area contributed by atoms with Gasteiger partial charge in [-0.2, -0.15) is 0 Å². The Kier molecular flexibility index (Phi) is 1.15. The predicted molar refractivity (Wildman–Crippen MR) is 30.1 cm³/mol. The fourth-order valence-corrected chi connectivity index (χ4v) is 0.980. The van der Waals surface area contributed by atoms with Crippen molar-refractivity contribution < 1.29 is 0 Å². The molecule has 2 heteroatoms. The zero-order chi connectivity index (χ0) is 4.41. The third kappa shape index (κ3) is 0.744. The molecule has 0 atom stereocenters. The molecule has 0 bridgehead atoms. The smallest absolute Gasteiger partial charge is 0.0681 e. The Balaban J connectivity index is 2.45. The van der Waals surface area contributed by atoms with E-state index >= 15 is 0 Å². The van der Waals surface area contributed by atoms with Crippen LogP contribution in [-0.4, -0.2) is 17.3 Å². The van der Waals surface area contributed by atoms with Crippen LogP contribution in [0.5, 0.6) is 0 Å². The first-order chi connectivity index (χ1) is 2.89. The van der Waals surface area contributed by atoms with E-state index < -0.39 is 0 Å². The molecule has 1 radical (unpaired) electrons. The Morgan fingerprint density at radius 3 is 2.83 bits per heavy atom. The van der Waals surface area contributed by atoms with Gasteiger partial charge in [0.15, 0.2) is 0 Å². The molecule has 1 aliphatic heterocycles. The van der Waals surface area contributed by atoms with Gasteiger partial charge in [-0.05, 0) is 0 Å². The zero-order valence-electron chi connectivity index (χ0n) is 3.48. The lowest BCUT2D eigenvalue weighted by Gasteiger charge is -1.76. The van der Waals surface area contributed by atoms with Crippen LogP contribution in [0.3, 0.4) is 0 Å². The van der Waals surface area contributed by atoms with E-state index in [0.29, 0.717) is 0 Å². The minimum absolute atomic E-state index is 0.976. The standard InChI is InChI=1S/C4H6NS/c1-4-5-2-3-6-4/h1-3H2. The maximum Gasteiger partial charge on any atom is 0.0681 e. The summed E-state index contributed by atoms with van der Waals surface area (Å²) in [5.41, 5.74) is 0. The second-order valence-corrected chi connectivity index (χ2v) is 2.29. The molecule has 0 aliphatic carbocycles. The average Bonchev–Trinajstić information content (AvgIpc) is 1.86. The summed E-state index contributed by atoms with van der Waals surface area (Å²) >= 11 is 1.74. The van der Waals surface area contributed by atoms with Gasteiger partial charge in [0, 0.05) is 19.2 Å². The fourth-order valence-electron chi connectivity index (χ4n) is 0.379. The summed E-state index contributed by atoms with van der Waals surface area (Å²) in [5, 5.41) is 0.995. The summed E-state index contributed by atoms with van der Waals surface area (Å²) in [6.45, 7) is 4.63. The molecule has 0 aromatic rings. The van der Waals surface area contributed by atoms with E-state index in [4.69, 9.17) is 0 Å². The highest BCUT2D eigenvalue weighted by Gasteiger charge is 1.97. The Morgan fingerprint density at radius 2 is 2.67 bits per heavy atom. The molecule has 0 unspecified atom stereocenters. The molecule has 1 heterocycles.